The Kier molecular flexibility index (Phi) is 7.63. The van der Waals surface area contributed by atoms with Crippen molar-refractivity contribution in [3.05, 3.63) is 64.4 Å². The zero-order valence-corrected chi connectivity index (χ0v) is 20.1. The second-order valence-electron chi connectivity index (χ2n) is 8.45. The number of hydrogen-bond donors (Lipinski definition) is 2. The van der Waals surface area contributed by atoms with Crippen LogP contribution >= 0.6 is 11.6 Å². The van der Waals surface area contributed by atoms with Crippen LogP contribution in [0.15, 0.2) is 48.2 Å². The molecular weight excluding hydrogens is 456 g/mol. The molecule has 2 aromatic carbocycles. The third kappa shape index (κ3) is 5.65. The van der Waals surface area contributed by atoms with Gasteiger partial charge in [-0.3, -0.25) is 9.59 Å². The minimum absolute atomic E-state index is 0.0262. The van der Waals surface area contributed by atoms with Gasteiger partial charge in [-0.05, 0) is 67.7 Å². The third-order valence-corrected chi connectivity index (χ3v) is 6.35. The lowest BCUT2D eigenvalue weighted by molar-refractivity contribution is -0.134. The zero-order chi connectivity index (χ0) is 24.1. The van der Waals surface area contributed by atoms with E-state index in [0.717, 1.165) is 11.1 Å². The monoisotopic (exact) mass is 484 g/mol. The maximum absolute atomic E-state index is 12.9. The molecular formula is C26H29ClN2O5. The van der Waals surface area contributed by atoms with Crippen molar-refractivity contribution < 1.29 is 23.8 Å². The first-order valence-corrected chi connectivity index (χ1v) is 11.9. The maximum atomic E-state index is 12.9. The normalized spacial score (nSPS) is 22.9. The van der Waals surface area contributed by atoms with Crippen LogP contribution < -0.4 is 20.1 Å². The number of halogens is 1. The van der Waals surface area contributed by atoms with Gasteiger partial charge in [0, 0.05) is 17.5 Å². The molecule has 0 aromatic heterocycles. The van der Waals surface area contributed by atoms with Gasteiger partial charge in [-0.15, -0.1) is 0 Å². The van der Waals surface area contributed by atoms with Crippen LogP contribution in [0.1, 0.15) is 37.3 Å². The zero-order valence-electron chi connectivity index (χ0n) is 19.3. The number of benzene rings is 2. The highest BCUT2D eigenvalue weighted by atomic mass is 35.5. The molecule has 1 saturated carbocycles. The van der Waals surface area contributed by atoms with Gasteiger partial charge in [0.15, 0.2) is 17.3 Å². The Labute approximate surface area is 204 Å². The first-order valence-electron chi connectivity index (χ1n) is 11.5. The predicted molar refractivity (Wildman–Crippen MR) is 130 cm³/mol. The molecule has 2 amide bonds. The Bertz CT molecular complexity index is 1090. The highest BCUT2D eigenvalue weighted by Crippen LogP contribution is 2.32. The van der Waals surface area contributed by atoms with Crippen molar-refractivity contribution in [2.45, 2.75) is 44.9 Å². The first-order chi connectivity index (χ1) is 16.5. The van der Waals surface area contributed by atoms with E-state index in [2.05, 4.69) is 10.6 Å². The fraction of sp³-hybridized carbons (Fsp3) is 0.385. The van der Waals surface area contributed by atoms with E-state index in [1.54, 1.807) is 25.3 Å². The molecule has 4 rings (SSSR count). The molecule has 8 heteroatoms. The Morgan fingerprint density at radius 3 is 2.85 bits per heavy atom. The number of hydrogen-bond acceptors (Lipinski definition) is 5. The van der Waals surface area contributed by atoms with Gasteiger partial charge < -0.3 is 24.8 Å². The van der Waals surface area contributed by atoms with Crippen LogP contribution in [0, 0.1) is 5.92 Å². The van der Waals surface area contributed by atoms with E-state index in [0.29, 0.717) is 48.9 Å². The van der Waals surface area contributed by atoms with Crippen molar-refractivity contribution in [2.75, 3.05) is 13.7 Å². The fourth-order valence-electron chi connectivity index (χ4n) is 4.41. The van der Waals surface area contributed by atoms with Crippen molar-refractivity contribution >= 4 is 29.5 Å². The molecule has 3 atom stereocenters. The molecule has 0 spiro atoms. The SMILES string of the molecule is CCOc1cc(CNC(=O)C2CCC3O/C(=C/c4cccc(Cl)c4)C(=O)NC3C2)ccc1OC. The van der Waals surface area contributed by atoms with Crippen LogP contribution in [0.5, 0.6) is 11.5 Å². The van der Waals surface area contributed by atoms with Gasteiger partial charge in [0.2, 0.25) is 5.91 Å². The largest absolute Gasteiger partial charge is 0.493 e. The lowest BCUT2D eigenvalue weighted by atomic mass is 9.82. The average molecular weight is 485 g/mol. The molecule has 2 aliphatic rings. The van der Waals surface area contributed by atoms with Crippen LogP contribution in [-0.4, -0.2) is 37.7 Å². The number of morpholine rings is 1. The molecule has 7 nitrogen and oxygen atoms in total. The number of nitrogens with one attached hydrogen (secondary N) is 2. The van der Waals surface area contributed by atoms with E-state index in [1.807, 2.05) is 37.3 Å². The number of amides is 2. The molecule has 2 fully saturated rings. The molecule has 180 valence electrons. The molecule has 1 saturated heterocycles. The van der Waals surface area contributed by atoms with Gasteiger partial charge in [-0.2, -0.15) is 0 Å². The Hall–Kier alpha value is -3.19. The van der Waals surface area contributed by atoms with Crippen LogP contribution in [0.25, 0.3) is 6.08 Å². The second-order valence-corrected chi connectivity index (χ2v) is 8.88. The summed E-state index contributed by atoms with van der Waals surface area (Å²) in [7, 11) is 1.60. The number of ether oxygens (including phenoxy) is 3. The first kappa shape index (κ1) is 24.0. The summed E-state index contributed by atoms with van der Waals surface area (Å²) in [6.45, 7) is 2.83. The molecule has 2 N–H and O–H groups in total. The molecule has 3 unspecified atom stereocenters. The lowest BCUT2D eigenvalue weighted by Gasteiger charge is -2.39. The van der Waals surface area contributed by atoms with Crippen molar-refractivity contribution in [2.24, 2.45) is 5.92 Å². The Balaban J connectivity index is 1.33. The van der Waals surface area contributed by atoms with Gasteiger partial charge in [-0.25, -0.2) is 0 Å². The highest BCUT2D eigenvalue weighted by molar-refractivity contribution is 6.30. The van der Waals surface area contributed by atoms with Crippen molar-refractivity contribution in [3.8, 4) is 11.5 Å². The van der Waals surface area contributed by atoms with Gasteiger partial charge in [-0.1, -0.05) is 29.8 Å². The summed E-state index contributed by atoms with van der Waals surface area (Å²) in [6.07, 6.45) is 3.47. The molecule has 1 aliphatic heterocycles. The summed E-state index contributed by atoms with van der Waals surface area (Å²) in [5.41, 5.74) is 1.73. The molecule has 2 aromatic rings. The smallest absolute Gasteiger partial charge is 0.286 e. The quantitative estimate of drug-likeness (QED) is 0.578. The van der Waals surface area contributed by atoms with Crippen molar-refractivity contribution in [1.29, 1.82) is 0 Å². The number of methoxy groups -OCH3 is 1. The van der Waals surface area contributed by atoms with Gasteiger partial charge in [0.05, 0.1) is 19.8 Å². The van der Waals surface area contributed by atoms with E-state index in [1.165, 1.54) is 0 Å². The number of carbonyl (C=O) groups excluding carboxylic acids is 2. The van der Waals surface area contributed by atoms with E-state index >= 15 is 0 Å². The summed E-state index contributed by atoms with van der Waals surface area (Å²) < 4.78 is 16.9. The maximum Gasteiger partial charge on any atom is 0.286 e. The number of carbonyl (C=O) groups is 2. The van der Waals surface area contributed by atoms with E-state index in [4.69, 9.17) is 25.8 Å². The van der Waals surface area contributed by atoms with E-state index < -0.39 is 0 Å². The fourth-order valence-corrected chi connectivity index (χ4v) is 4.61. The molecule has 34 heavy (non-hydrogen) atoms. The number of fused-ring (bicyclic) bond motifs is 1. The van der Waals surface area contributed by atoms with Crippen LogP contribution in [0.2, 0.25) is 5.02 Å². The molecule has 0 radical (unpaired) electrons. The van der Waals surface area contributed by atoms with Crippen molar-refractivity contribution in [3.63, 3.8) is 0 Å². The summed E-state index contributed by atoms with van der Waals surface area (Å²) >= 11 is 6.04. The lowest BCUT2D eigenvalue weighted by Crippen LogP contribution is -2.54. The third-order valence-electron chi connectivity index (χ3n) is 6.12. The number of rotatable bonds is 7. The van der Waals surface area contributed by atoms with Crippen molar-refractivity contribution in [1.82, 2.24) is 10.6 Å². The van der Waals surface area contributed by atoms with Gasteiger partial charge >= 0.3 is 0 Å². The van der Waals surface area contributed by atoms with Gasteiger partial charge in [0.25, 0.3) is 5.91 Å². The average Bonchev–Trinajstić information content (AvgIpc) is 2.83. The summed E-state index contributed by atoms with van der Waals surface area (Å²) in [6, 6.07) is 12.7. The minimum Gasteiger partial charge on any atom is -0.493 e. The standard InChI is InChI=1S/C26H29ClN2O5/c1-3-33-23-13-17(7-9-22(23)32-2)15-28-25(30)18-8-10-21-20(14-18)29-26(31)24(34-21)12-16-5-4-6-19(27)11-16/h4-7,9,11-13,18,20-21H,3,8,10,14-15H2,1-2H3,(H,28,30)(H,29,31)/b24-12+. The predicted octanol–water partition coefficient (Wildman–Crippen LogP) is 4.09. The van der Waals surface area contributed by atoms with Gasteiger partial charge in [0.1, 0.15) is 6.10 Å². The minimum atomic E-state index is -0.274. The van der Waals surface area contributed by atoms with E-state index in [9.17, 15) is 9.59 Å². The summed E-state index contributed by atoms with van der Waals surface area (Å²) in [5.74, 6) is 1.10. The Morgan fingerprint density at radius 2 is 2.09 bits per heavy atom. The second kappa shape index (κ2) is 10.8. The highest BCUT2D eigenvalue weighted by Gasteiger charge is 2.40. The van der Waals surface area contributed by atoms with Crippen LogP contribution in [0.3, 0.4) is 0 Å². The molecule has 1 aliphatic carbocycles. The molecule has 1 heterocycles. The topological polar surface area (TPSA) is 85.9 Å². The summed E-state index contributed by atoms with van der Waals surface area (Å²) in [4.78, 5) is 25.5. The van der Waals surface area contributed by atoms with Crippen LogP contribution in [0.4, 0.5) is 0 Å². The Morgan fingerprint density at radius 1 is 1.24 bits per heavy atom. The summed E-state index contributed by atoms with van der Waals surface area (Å²) in [5, 5.41) is 6.63. The van der Waals surface area contributed by atoms with Crippen LogP contribution in [-0.2, 0) is 20.9 Å². The molecule has 0 bridgehead atoms. The van der Waals surface area contributed by atoms with E-state index in [-0.39, 0.29) is 35.6 Å².